The molecule has 0 aromatic carbocycles. The van der Waals surface area contributed by atoms with Crippen molar-refractivity contribution in [3.63, 3.8) is 0 Å². The molecule has 13 heavy (non-hydrogen) atoms. The topological polar surface area (TPSA) is 26.3 Å². The van der Waals surface area contributed by atoms with Crippen molar-refractivity contribution >= 4 is 7.68 Å². The van der Waals surface area contributed by atoms with E-state index in [2.05, 4.69) is 0 Å². The third kappa shape index (κ3) is 3.40. The van der Waals surface area contributed by atoms with Crippen LogP contribution in [0.4, 0.5) is 4.20 Å². The first-order valence-electron chi connectivity index (χ1n) is 4.85. The summed E-state index contributed by atoms with van der Waals surface area (Å²) >= 11 is 0. The van der Waals surface area contributed by atoms with Gasteiger partial charge < -0.3 is 4.52 Å². The van der Waals surface area contributed by atoms with E-state index in [1.165, 1.54) is 6.42 Å². The molecule has 4 heteroatoms. The number of hydrogen-bond acceptors (Lipinski definition) is 2. The van der Waals surface area contributed by atoms with Crippen LogP contribution in [0.25, 0.3) is 0 Å². The average Bonchev–Trinajstić information content (AvgIpc) is 1.95. The summed E-state index contributed by atoms with van der Waals surface area (Å²) in [5, 5.41) is 0. The third-order valence-corrected chi connectivity index (χ3v) is 3.37. The molecule has 3 atom stereocenters. The molecule has 0 bridgehead atoms. The van der Waals surface area contributed by atoms with Crippen LogP contribution in [0, 0.1) is 11.8 Å². The van der Waals surface area contributed by atoms with E-state index >= 15 is 0 Å². The molecule has 1 fully saturated rings. The third-order valence-electron chi connectivity index (χ3n) is 2.75. The van der Waals surface area contributed by atoms with Crippen molar-refractivity contribution in [3.05, 3.63) is 0 Å². The summed E-state index contributed by atoms with van der Waals surface area (Å²) in [6.07, 6.45) is 3.11. The molecule has 1 saturated carbocycles. The second-order valence-corrected chi connectivity index (χ2v) is 5.91. The van der Waals surface area contributed by atoms with E-state index in [4.69, 9.17) is 4.52 Å². The minimum absolute atomic E-state index is 0.158. The second-order valence-electron chi connectivity index (χ2n) is 4.20. The fourth-order valence-electron chi connectivity index (χ4n) is 2.08. The van der Waals surface area contributed by atoms with Gasteiger partial charge in [-0.1, -0.05) is 20.3 Å². The van der Waals surface area contributed by atoms with Crippen LogP contribution < -0.4 is 0 Å². The smallest absolute Gasteiger partial charge is 0.302 e. The molecule has 0 amide bonds. The molecule has 3 unspecified atom stereocenters. The van der Waals surface area contributed by atoms with Gasteiger partial charge in [-0.2, -0.15) is 4.20 Å². The molecule has 0 aliphatic heterocycles. The Kier molecular flexibility index (Phi) is 3.53. The molecule has 1 rings (SSSR count). The maximum absolute atomic E-state index is 12.9. The maximum Gasteiger partial charge on any atom is 0.364 e. The zero-order valence-corrected chi connectivity index (χ0v) is 9.39. The van der Waals surface area contributed by atoms with Crippen LogP contribution in [0.5, 0.6) is 0 Å². The summed E-state index contributed by atoms with van der Waals surface area (Å²) in [5.74, 6) is 0.653. The van der Waals surface area contributed by atoms with E-state index in [1.807, 2.05) is 13.8 Å². The van der Waals surface area contributed by atoms with Gasteiger partial charge in [0.2, 0.25) is 0 Å². The van der Waals surface area contributed by atoms with E-state index in [-0.39, 0.29) is 6.10 Å². The Morgan fingerprint density at radius 2 is 1.77 bits per heavy atom. The standard InChI is InChI=1S/C9H18FO2P/c1-7-5-4-6-8(2)9(7)12-13(3,10)11/h7-9H,4-6H2,1-3H3. The molecule has 2 nitrogen and oxygen atoms in total. The Morgan fingerprint density at radius 1 is 1.31 bits per heavy atom. The van der Waals surface area contributed by atoms with Crippen molar-refractivity contribution in [1.29, 1.82) is 0 Å². The van der Waals surface area contributed by atoms with E-state index in [1.54, 1.807) is 0 Å². The van der Waals surface area contributed by atoms with Crippen molar-refractivity contribution in [2.45, 2.75) is 39.2 Å². The Bertz CT molecular complexity index is 204. The molecule has 0 spiro atoms. The van der Waals surface area contributed by atoms with Crippen LogP contribution in [0.3, 0.4) is 0 Å². The summed E-state index contributed by atoms with van der Waals surface area (Å²) in [7, 11) is -3.81. The first kappa shape index (κ1) is 11.2. The van der Waals surface area contributed by atoms with Crippen molar-refractivity contribution in [2.75, 3.05) is 6.66 Å². The highest BCUT2D eigenvalue weighted by atomic mass is 31.2. The number of halogens is 1. The van der Waals surface area contributed by atoms with Crippen LogP contribution in [0.2, 0.25) is 0 Å². The lowest BCUT2D eigenvalue weighted by Crippen LogP contribution is -2.31. The largest absolute Gasteiger partial charge is 0.364 e. The molecule has 1 aliphatic rings. The van der Waals surface area contributed by atoms with Crippen molar-refractivity contribution in [1.82, 2.24) is 0 Å². The Labute approximate surface area is 79.4 Å². The molecule has 0 saturated heterocycles. The summed E-state index contributed by atoms with van der Waals surface area (Å²) in [4.78, 5) is 0. The SMILES string of the molecule is CC1CCCC(C)C1OP(C)(=O)F. The zero-order chi connectivity index (χ0) is 10.1. The zero-order valence-electron chi connectivity index (χ0n) is 8.50. The van der Waals surface area contributed by atoms with Crippen molar-refractivity contribution < 1.29 is 13.3 Å². The predicted molar refractivity (Wildman–Crippen MR) is 51.7 cm³/mol. The van der Waals surface area contributed by atoms with Crippen molar-refractivity contribution in [2.24, 2.45) is 11.8 Å². The lowest BCUT2D eigenvalue weighted by atomic mass is 9.81. The summed E-state index contributed by atoms with van der Waals surface area (Å²) in [5.41, 5.74) is 0. The van der Waals surface area contributed by atoms with E-state index < -0.39 is 7.68 Å². The van der Waals surface area contributed by atoms with Gasteiger partial charge in [0.05, 0.1) is 6.10 Å². The number of rotatable bonds is 2. The molecule has 0 aromatic rings. The minimum Gasteiger partial charge on any atom is -0.302 e. The first-order valence-corrected chi connectivity index (χ1v) is 6.82. The molecular weight excluding hydrogens is 190 g/mol. The first-order chi connectivity index (χ1) is 5.90. The van der Waals surface area contributed by atoms with Gasteiger partial charge in [0.15, 0.2) is 0 Å². The molecule has 0 heterocycles. The van der Waals surface area contributed by atoms with Gasteiger partial charge in [0, 0.05) is 6.66 Å². The fourth-order valence-corrected chi connectivity index (χ4v) is 2.93. The lowest BCUT2D eigenvalue weighted by molar-refractivity contribution is 0.0521. The van der Waals surface area contributed by atoms with Crippen molar-refractivity contribution in [3.8, 4) is 0 Å². The summed E-state index contributed by atoms with van der Waals surface area (Å²) in [6.45, 7) is 5.12. The lowest BCUT2D eigenvalue weighted by Gasteiger charge is -2.34. The Morgan fingerprint density at radius 3 is 2.15 bits per heavy atom. The van der Waals surface area contributed by atoms with Crippen LogP contribution in [-0.2, 0) is 9.09 Å². The van der Waals surface area contributed by atoms with Gasteiger partial charge in [-0.05, 0) is 24.7 Å². The minimum atomic E-state index is -3.81. The van der Waals surface area contributed by atoms with Crippen LogP contribution in [-0.4, -0.2) is 12.8 Å². The summed E-state index contributed by atoms with van der Waals surface area (Å²) < 4.78 is 28.7. The normalized spacial score (nSPS) is 39.8. The van der Waals surface area contributed by atoms with Gasteiger partial charge in [0.25, 0.3) is 0 Å². The van der Waals surface area contributed by atoms with Gasteiger partial charge in [-0.25, -0.2) is 0 Å². The second kappa shape index (κ2) is 4.10. The van der Waals surface area contributed by atoms with E-state index in [9.17, 15) is 8.76 Å². The van der Waals surface area contributed by atoms with Crippen LogP contribution in [0.1, 0.15) is 33.1 Å². The van der Waals surface area contributed by atoms with Gasteiger partial charge in [0.1, 0.15) is 0 Å². The maximum atomic E-state index is 12.9. The molecule has 0 aromatic heterocycles. The van der Waals surface area contributed by atoms with Crippen LogP contribution >= 0.6 is 7.68 Å². The van der Waals surface area contributed by atoms with Gasteiger partial charge in [-0.15, -0.1) is 0 Å². The fraction of sp³-hybridized carbons (Fsp3) is 1.00. The Balaban J connectivity index is 2.59. The Hall–Kier alpha value is 0.120. The van der Waals surface area contributed by atoms with Crippen LogP contribution in [0.15, 0.2) is 0 Å². The molecular formula is C9H18FO2P. The highest BCUT2D eigenvalue weighted by Crippen LogP contribution is 2.49. The molecule has 1 aliphatic carbocycles. The highest BCUT2D eigenvalue weighted by molar-refractivity contribution is 7.52. The predicted octanol–water partition coefficient (Wildman–Crippen LogP) is 3.62. The van der Waals surface area contributed by atoms with E-state index in [0.29, 0.717) is 11.8 Å². The monoisotopic (exact) mass is 208 g/mol. The average molecular weight is 208 g/mol. The molecule has 0 radical (unpaired) electrons. The highest BCUT2D eigenvalue weighted by Gasteiger charge is 2.33. The molecule has 0 N–H and O–H groups in total. The summed E-state index contributed by atoms with van der Waals surface area (Å²) in [6, 6.07) is 0. The van der Waals surface area contributed by atoms with Gasteiger partial charge >= 0.3 is 7.68 Å². The number of hydrogen-bond donors (Lipinski definition) is 0. The molecule has 78 valence electrons. The quantitative estimate of drug-likeness (QED) is 0.648. The van der Waals surface area contributed by atoms with E-state index in [0.717, 1.165) is 19.5 Å². The van der Waals surface area contributed by atoms with Gasteiger partial charge in [-0.3, -0.25) is 4.57 Å².